The Morgan fingerprint density at radius 1 is 1.32 bits per heavy atom. The monoisotopic (exact) mass is 280 g/mol. The van der Waals surface area contributed by atoms with Crippen LogP contribution in [0.25, 0.3) is 10.2 Å². The molecule has 0 atom stereocenters. The number of hydrogen-bond acceptors (Lipinski definition) is 6. The highest BCUT2D eigenvalue weighted by atomic mass is 32.1. The van der Waals surface area contributed by atoms with Gasteiger partial charge in [-0.1, -0.05) is 0 Å². The Morgan fingerprint density at radius 3 is 2.95 bits per heavy atom. The van der Waals surface area contributed by atoms with Crippen LogP contribution in [0.1, 0.15) is 24.1 Å². The van der Waals surface area contributed by atoms with E-state index < -0.39 is 0 Å². The lowest BCUT2D eigenvalue weighted by atomic mass is 10.2. The molecule has 2 rings (SSSR count). The van der Waals surface area contributed by atoms with Crippen molar-refractivity contribution in [2.24, 2.45) is 0 Å². The molecule has 0 spiro atoms. The Hall–Kier alpha value is -1.40. The van der Waals surface area contributed by atoms with Gasteiger partial charge in [-0.15, -0.1) is 11.3 Å². The molecule has 0 bridgehead atoms. The number of thiophene rings is 1. The average Bonchev–Trinajstić information content (AvgIpc) is 2.73. The van der Waals surface area contributed by atoms with E-state index in [0.717, 1.165) is 48.4 Å². The Bertz CT molecular complexity index is 541. The third-order valence-electron chi connectivity index (χ3n) is 2.85. The minimum atomic E-state index is 0.330. The van der Waals surface area contributed by atoms with Crippen LogP contribution in [0.5, 0.6) is 0 Å². The van der Waals surface area contributed by atoms with Gasteiger partial charge in [0.05, 0.1) is 5.39 Å². The van der Waals surface area contributed by atoms with Gasteiger partial charge in [-0.05, 0) is 32.3 Å². The second-order valence-corrected chi connectivity index (χ2v) is 5.72. The number of ether oxygens (including phenoxy) is 1. The predicted molar refractivity (Wildman–Crippen MR) is 80.8 cm³/mol. The molecule has 2 aromatic rings. The van der Waals surface area contributed by atoms with Crippen molar-refractivity contribution >= 4 is 33.3 Å². The molecule has 104 valence electrons. The van der Waals surface area contributed by atoms with Crippen molar-refractivity contribution in [2.45, 2.75) is 26.2 Å². The molecule has 0 saturated carbocycles. The number of nitrogen functional groups attached to an aromatic ring is 1. The van der Waals surface area contributed by atoms with E-state index in [9.17, 15) is 0 Å². The van der Waals surface area contributed by atoms with E-state index in [4.69, 9.17) is 10.5 Å². The first-order chi connectivity index (χ1) is 9.20. The zero-order valence-corrected chi connectivity index (χ0v) is 12.2. The first kappa shape index (κ1) is 14.0. The fourth-order valence-electron chi connectivity index (χ4n) is 1.95. The van der Waals surface area contributed by atoms with Crippen LogP contribution in [-0.2, 0) is 4.74 Å². The van der Waals surface area contributed by atoms with Crippen LogP contribution in [-0.4, -0.2) is 30.2 Å². The SMILES string of the molecule is COCCCCCNc1nc(N)nc2sc(C)cc12. The van der Waals surface area contributed by atoms with Gasteiger partial charge in [-0.3, -0.25) is 0 Å². The van der Waals surface area contributed by atoms with Crippen molar-refractivity contribution in [2.75, 3.05) is 31.3 Å². The maximum atomic E-state index is 5.73. The first-order valence-electron chi connectivity index (χ1n) is 6.47. The molecule has 0 aliphatic carbocycles. The van der Waals surface area contributed by atoms with Gasteiger partial charge in [0.25, 0.3) is 0 Å². The van der Waals surface area contributed by atoms with Gasteiger partial charge in [-0.25, -0.2) is 4.98 Å². The average molecular weight is 280 g/mol. The van der Waals surface area contributed by atoms with Gasteiger partial charge in [0.15, 0.2) is 0 Å². The van der Waals surface area contributed by atoms with E-state index in [2.05, 4.69) is 28.3 Å². The van der Waals surface area contributed by atoms with Gasteiger partial charge in [0.2, 0.25) is 5.95 Å². The summed E-state index contributed by atoms with van der Waals surface area (Å²) in [4.78, 5) is 10.7. The van der Waals surface area contributed by atoms with Crippen LogP contribution < -0.4 is 11.1 Å². The fraction of sp³-hybridized carbons (Fsp3) is 0.538. The number of fused-ring (bicyclic) bond motifs is 1. The highest BCUT2D eigenvalue weighted by Gasteiger charge is 2.08. The van der Waals surface area contributed by atoms with E-state index in [1.807, 2.05) is 0 Å². The number of nitrogens with two attached hydrogens (primary N) is 1. The van der Waals surface area contributed by atoms with Crippen molar-refractivity contribution < 1.29 is 4.74 Å². The maximum Gasteiger partial charge on any atom is 0.223 e. The van der Waals surface area contributed by atoms with Crippen LogP contribution in [0.3, 0.4) is 0 Å². The lowest BCUT2D eigenvalue weighted by Gasteiger charge is -2.07. The van der Waals surface area contributed by atoms with Crippen LogP contribution in [0.2, 0.25) is 0 Å². The number of aryl methyl sites for hydroxylation is 1. The Kier molecular flexibility index (Phi) is 4.93. The summed E-state index contributed by atoms with van der Waals surface area (Å²) in [5, 5.41) is 4.42. The molecular formula is C13H20N4OS. The Labute approximate surface area is 117 Å². The summed E-state index contributed by atoms with van der Waals surface area (Å²) in [6.07, 6.45) is 3.34. The molecule has 6 heteroatoms. The number of nitrogens with zero attached hydrogens (tertiary/aromatic N) is 2. The lowest BCUT2D eigenvalue weighted by molar-refractivity contribution is 0.192. The molecule has 0 aliphatic rings. The summed E-state index contributed by atoms with van der Waals surface area (Å²) >= 11 is 1.64. The maximum absolute atomic E-state index is 5.73. The largest absolute Gasteiger partial charge is 0.385 e. The van der Waals surface area contributed by atoms with Crippen molar-refractivity contribution in [3.63, 3.8) is 0 Å². The summed E-state index contributed by atoms with van der Waals surface area (Å²) in [7, 11) is 1.73. The van der Waals surface area contributed by atoms with Gasteiger partial charge >= 0.3 is 0 Å². The van der Waals surface area contributed by atoms with Crippen molar-refractivity contribution in [1.82, 2.24) is 9.97 Å². The summed E-state index contributed by atoms with van der Waals surface area (Å²) < 4.78 is 5.03. The molecule has 0 aromatic carbocycles. The molecule has 5 nitrogen and oxygen atoms in total. The van der Waals surface area contributed by atoms with Crippen molar-refractivity contribution in [3.05, 3.63) is 10.9 Å². The van der Waals surface area contributed by atoms with E-state index in [1.165, 1.54) is 4.88 Å². The van der Waals surface area contributed by atoms with Crippen LogP contribution in [0.15, 0.2) is 6.07 Å². The molecule has 0 aliphatic heterocycles. The number of nitrogens with one attached hydrogen (secondary N) is 1. The summed E-state index contributed by atoms with van der Waals surface area (Å²) in [6, 6.07) is 2.10. The van der Waals surface area contributed by atoms with Gasteiger partial charge in [0, 0.05) is 25.1 Å². The number of unbranched alkanes of at least 4 members (excludes halogenated alkanes) is 2. The quantitative estimate of drug-likeness (QED) is 0.763. The van der Waals surface area contributed by atoms with E-state index in [-0.39, 0.29) is 0 Å². The highest BCUT2D eigenvalue weighted by Crippen LogP contribution is 2.28. The van der Waals surface area contributed by atoms with E-state index >= 15 is 0 Å². The smallest absolute Gasteiger partial charge is 0.223 e. The highest BCUT2D eigenvalue weighted by molar-refractivity contribution is 7.18. The Balaban J connectivity index is 1.96. The number of anilines is 2. The predicted octanol–water partition coefficient (Wildman–Crippen LogP) is 2.81. The summed E-state index contributed by atoms with van der Waals surface area (Å²) in [5.74, 6) is 1.18. The number of hydrogen-bond donors (Lipinski definition) is 2. The third-order valence-corrected chi connectivity index (χ3v) is 3.80. The topological polar surface area (TPSA) is 73.1 Å². The normalized spacial score (nSPS) is 11.1. The standard InChI is InChI=1S/C13H20N4OS/c1-9-8-10-11(15-6-4-3-5-7-18-2)16-13(14)17-12(10)19-9/h8H,3-7H2,1-2H3,(H3,14,15,16,17). The van der Waals surface area contributed by atoms with E-state index in [1.54, 1.807) is 18.4 Å². The Morgan fingerprint density at radius 2 is 2.16 bits per heavy atom. The molecular weight excluding hydrogens is 260 g/mol. The van der Waals surface area contributed by atoms with Crippen molar-refractivity contribution in [3.8, 4) is 0 Å². The van der Waals surface area contributed by atoms with Crippen LogP contribution in [0.4, 0.5) is 11.8 Å². The molecule has 0 fully saturated rings. The van der Waals surface area contributed by atoms with Gasteiger partial charge < -0.3 is 15.8 Å². The summed E-state index contributed by atoms with van der Waals surface area (Å²) in [5.41, 5.74) is 5.73. The van der Waals surface area contributed by atoms with Crippen molar-refractivity contribution in [1.29, 1.82) is 0 Å². The number of methoxy groups -OCH3 is 1. The molecule has 19 heavy (non-hydrogen) atoms. The molecule has 2 heterocycles. The second kappa shape index (κ2) is 6.68. The van der Waals surface area contributed by atoms with Gasteiger partial charge in [-0.2, -0.15) is 4.98 Å². The zero-order valence-electron chi connectivity index (χ0n) is 11.4. The summed E-state index contributed by atoms with van der Waals surface area (Å²) in [6.45, 7) is 3.79. The zero-order chi connectivity index (χ0) is 13.7. The number of rotatable bonds is 7. The molecule has 0 saturated heterocycles. The minimum Gasteiger partial charge on any atom is -0.385 e. The molecule has 3 N–H and O–H groups in total. The molecule has 2 aromatic heterocycles. The van der Waals surface area contributed by atoms with Crippen LogP contribution in [0, 0.1) is 6.92 Å². The lowest BCUT2D eigenvalue weighted by Crippen LogP contribution is -2.06. The fourth-order valence-corrected chi connectivity index (χ4v) is 2.83. The second-order valence-electron chi connectivity index (χ2n) is 4.49. The van der Waals surface area contributed by atoms with Gasteiger partial charge in [0.1, 0.15) is 10.6 Å². The van der Waals surface area contributed by atoms with Crippen LogP contribution >= 0.6 is 11.3 Å². The molecule has 0 amide bonds. The molecule has 0 radical (unpaired) electrons. The van der Waals surface area contributed by atoms with E-state index in [0.29, 0.717) is 5.95 Å². The first-order valence-corrected chi connectivity index (χ1v) is 7.29. The minimum absolute atomic E-state index is 0.330. The molecule has 0 unspecified atom stereocenters. The third kappa shape index (κ3) is 3.78. The number of aromatic nitrogens is 2.